The van der Waals surface area contributed by atoms with Gasteiger partial charge in [-0.25, -0.2) is 0 Å². The summed E-state index contributed by atoms with van der Waals surface area (Å²) in [4.78, 5) is 0. The fourth-order valence-corrected chi connectivity index (χ4v) is 0.921. The van der Waals surface area contributed by atoms with Gasteiger partial charge >= 0.3 is 12.4 Å². The first kappa shape index (κ1) is 10.1. The molecule has 0 spiro atoms. The second kappa shape index (κ2) is 2.78. The molecule has 1 rings (SSSR count). The van der Waals surface area contributed by atoms with Crippen LogP contribution in [0.4, 0.5) is 26.3 Å². The standard InChI is InChI=1S/C7H4F6/c8-6(9,10)4-1-2-5(3-4)7(11,12)13/h1,3H,2H2. The van der Waals surface area contributed by atoms with Gasteiger partial charge in [0, 0.05) is 5.57 Å². The summed E-state index contributed by atoms with van der Waals surface area (Å²) in [6.07, 6.45) is -9.38. The largest absolute Gasteiger partial charge is 0.416 e. The maximum Gasteiger partial charge on any atom is 0.416 e. The summed E-state index contributed by atoms with van der Waals surface area (Å²) in [6, 6.07) is 0. The molecule has 0 amide bonds. The van der Waals surface area contributed by atoms with Gasteiger partial charge in [0.1, 0.15) is 0 Å². The molecule has 0 radical (unpaired) electrons. The van der Waals surface area contributed by atoms with Crippen LogP contribution in [-0.2, 0) is 0 Å². The Hall–Kier alpha value is -0.940. The van der Waals surface area contributed by atoms with Crippen molar-refractivity contribution in [3.63, 3.8) is 0 Å². The van der Waals surface area contributed by atoms with E-state index in [9.17, 15) is 26.3 Å². The summed E-state index contributed by atoms with van der Waals surface area (Å²) in [5, 5.41) is 0. The van der Waals surface area contributed by atoms with Gasteiger partial charge < -0.3 is 0 Å². The molecular weight excluding hydrogens is 198 g/mol. The molecule has 0 aliphatic heterocycles. The first-order chi connectivity index (χ1) is 5.71. The van der Waals surface area contributed by atoms with E-state index in [0.717, 1.165) is 0 Å². The van der Waals surface area contributed by atoms with Crippen molar-refractivity contribution >= 4 is 0 Å². The normalized spacial score (nSPS) is 18.6. The Morgan fingerprint density at radius 3 is 1.69 bits per heavy atom. The first-order valence-electron chi connectivity index (χ1n) is 3.26. The summed E-state index contributed by atoms with van der Waals surface area (Å²) in [5.74, 6) is 0. The SMILES string of the molecule is FC(F)(F)C1=CCC(C(F)(F)F)=C1. The first-order valence-corrected chi connectivity index (χ1v) is 3.26. The average molecular weight is 202 g/mol. The molecule has 0 nitrogen and oxygen atoms in total. The van der Waals surface area contributed by atoms with Crippen molar-refractivity contribution in [2.24, 2.45) is 0 Å². The van der Waals surface area contributed by atoms with Crippen molar-refractivity contribution in [3.05, 3.63) is 23.3 Å². The minimum Gasteiger partial charge on any atom is -0.166 e. The number of halogens is 6. The lowest BCUT2D eigenvalue weighted by Crippen LogP contribution is -2.11. The van der Waals surface area contributed by atoms with Gasteiger partial charge in [-0.05, 0) is 12.5 Å². The fraction of sp³-hybridized carbons (Fsp3) is 0.429. The Labute approximate surface area is 69.5 Å². The van der Waals surface area contributed by atoms with Crippen LogP contribution < -0.4 is 0 Å². The molecule has 0 bridgehead atoms. The number of hydrogen-bond acceptors (Lipinski definition) is 0. The third-order valence-corrected chi connectivity index (χ3v) is 1.56. The van der Waals surface area contributed by atoms with Crippen molar-refractivity contribution in [1.29, 1.82) is 0 Å². The molecule has 0 saturated carbocycles. The number of alkyl halides is 6. The van der Waals surface area contributed by atoms with E-state index in [0.29, 0.717) is 6.08 Å². The second-order valence-electron chi connectivity index (χ2n) is 2.53. The Morgan fingerprint density at radius 2 is 1.46 bits per heavy atom. The van der Waals surface area contributed by atoms with E-state index in [1.54, 1.807) is 0 Å². The zero-order chi connectivity index (χ0) is 10.3. The van der Waals surface area contributed by atoms with E-state index >= 15 is 0 Å². The van der Waals surface area contributed by atoms with Gasteiger partial charge in [-0.1, -0.05) is 6.08 Å². The lowest BCUT2D eigenvalue weighted by atomic mass is 10.2. The summed E-state index contributed by atoms with van der Waals surface area (Å²) < 4.78 is 71.1. The van der Waals surface area contributed by atoms with Crippen LogP contribution in [0.5, 0.6) is 0 Å². The predicted octanol–water partition coefficient (Wildman–Crippen LogP) is 3.37. The topological polar surface area (TPSA) is 0 Å². The molecular formula is C7H4F6. The van der Waals surface area contributed by atoms with Crippen LogP contribution in [0.3, 0.4) is 0 Å². The van der Waals surface area contributed by atoms with Gasteiger partial charge in [0.05, 0.1) is 5.57 Å². The molecule has 0 N–H and O–H groups in total. The summed E-state index contributed by atoms with van der Waals surface area (Å²) in [7, 11) is 0. The van der Waals surface area contributed by atoms with Gasteiger partial charge in [-0.15, -0.1) is 0 Å². The molecule has 0 aromatic rings. The maximum absolute atomic E-state index is 11.9. The molecule has 1 aliphatic rings. The van der Waals surface area contributed by atoms with Crippen LogP contribution in [0.2, 0.25) is 0 Å². The maximum atomic E-state index is 11.9. The van der Waals surface area contributed by atoms with Crippen molar-refractivity contribution in [3.8, 4) is 0 Å². The van der Waals surface area contributed by atoms with Crippen molar-refractivity contribution < 1.29 is 26.3 Å². The van der Waals surface area contributed by atoms with E-state index in [2.05, 4.69) is 0 Å². The molecule has 0 heterocycles. The van der Waals surface area contributed by atoms with E-state index in [1.807, 2.05) is 0 Å². The highest BCUT2D eigenvalue weighted by molar-refractivity contribution is 5.37. The van der Waals surface area contributed by atoms with Crippen LogP contribution in [0.1, 0.15) is 6.42 Å². The van der Waals surface area contributed by atoms with Gasteiger partial charge in [0.25, 0.3) is 0 Å². The molecule has 0 fully saturated rings. The van der Waals surface area contributed by atoms with Gasteiger partial charge in [-0.3, -0.25) is 0 Å². The van der Waals surface area contributed by atoms with Crippen LogP contribution >= 0.6 is 0 Å². The lowest BCUT2D eigenvalue weighted by molar-refractivity contribution is -0.0938. The lowest BCUT2D eigenvalue weighted by Gasteiger charge is -2.06. The summed E-state index contributed by atoms with van der Waals surface area (Å²) in [6.45, 7) is 0. The molecule has 1 aliphatic carbocycles. The van der Waals surface area contributed by atoms with Crippen molar-refractivity contribution in [1.82, 2.24) is 0 Å². The third-order valence-electron chi connectivity index (χ3n) is 1.56. The number of rotatable bonds is 0. The van der Waals surface area contributed by atoms with E-state index in [4.69, 9.17) is 0 Å². The van der Waals surface area contributed by atoms with Crippen LogP contribution in [0.25, 0.3) is 0 Å². The van der Waals surface area contributed by atoms with Gasteiger partial charge in [0.2, 0.25) is 0 Å². The molecule has 6 heteroatoms. The summed E-state index contributed by atoms with van der Waals surface area (Å²) in [5.41, 5.74) is -2.38. The van der Waals surface area contributed by atoms with E-state index in [1.165, 1.54) is 0 Å². The molecule has 0 atom stereocenters. The van der Waals surface area contributed by atoms with Crippen LogP contribution in [-0.4, -0.2) is 12.4 Å². The Bertz CT molecular complexity index is 264. The van der Waals surface area contributed by atoms with Gasteiger partial charge in [-0.2, -0.15) is 26.3 Å². The Morgan fingerprint density at radius 1 is 0.923 bits per heavy atom. The average Bonchev–Trinajstić information content (AvgIpc) is 2.28. The van der Waals surface area contributed by atoms with Crippen molar-refractivity contribution in [2.75, 3.05) is 0 Å². The zero-order valence-corrected chi connectivity index (χ0v) is 6.13. The molecule has 0 saturated heterocycles. The number of hydrogen-bond donors (Lipinski definition) is 0. The highest BCUT2D eigenvalue weighted by atomic mass is 19.4. The van der Waals surface area contributed by atoms with Crippen molar-refractivity contribution in [2.45, 2.75) is 18.8 Å². The van der Waals surface area contributed by atoms with Crippen LogP contribution in [0.15, 0.2) is 23.3 Å². The smallest absolute Gasteiger partial charge is 0.166 e. The minimum absolute atomic E-state index is 0.139. The van der Waals surface area contributed by atoms with Gasteiger partial charge in [0.15, 0.2) is 0 Å². The molecule has 0 unspecified atom stereocenters. The zero-order valence-electron chi connectivity index (χ0n) is 6.13. The molecule has 74 valence electrons. The van der Waals surface area contributed by atoms with E-state index < -0.39 is 29.9 Å². The van der Waals surface area contributed by atoms with E-state index in [-0.39, 0.29) is 6.08 Å². The Balaban J connectivity index is 2.84. The van der Waals surface area contributed by atoms with Crippen LogP contribution in [0, 0.1) is 0 Å². The molecule has 0 aromatic heterocycles. The number of allylic oxidation sites excluding steroid dienone is 4. The fourth-order valence-electron chi connectivity index (χ4n) is 0.921. The highest BCUT2D eigenvalue weighted by Gasteiger charge is 2.40. The second-order valence-corrected chi connectivity index (χ2v) is 2.53. The quantitative estimate of drug-likeness (QED) is 0.528. The minimum atomic E-state index is -4.69. The third kappa shape index (κ3) is 2.26. The highest BCUT2D eigenvalue weighted by Crippen LogP contribution is 2.38. The monoisotopic (exact) mass is 202 g/mol. The predicted molar refractivity (Wildman–Crippen MR) is 32.9 cm³/mol. The Kier molecular flexibility index (Phi) is 2.17. The molecule has 0 aromatic carbocycles. The molecule has 13 heavy (non-hydrogen) atoms. The summed E-state index contributed by atoms with van der Waals surface area (Å²) >= 11 is 0.